The van der Waals surface area contributed by atoms with Crippen LogP contribution in [0, 0.1) is 0 Å². The summed E-state index contributed by atoms with van der Waals surface area (Å²) in [5, 5.41) is 9.27. The van der Waals surface area contributed by atoms with Crippen molar-refractivity contribution in [1.82, 2.24) is 9.80 Å². The Morgan fingerprint density at radius 3 is 2.76 bits per heavy atom. The van der Waals surface area contributed by atoms with Gasteiger partial charge >= 0.3 is 5.97 Å². The molecule has 0 saturated carbocycles. The van der Waals surface area contributed by atoms with E-state index in [1.165, 1.54) is 25.8 Å². The van der Waals surface area contributed by atoms with Crippen molar-refractivity contribution in [3.8, 4) is 0 Å². The highest BCUT2D eigenvalue weighted by Gasteiger charge is 2.33. The summed E-state index contributed by atoms with van der Waals surface area (Å²) in [7, 11) is 0. The number of carboxylic acid groups (broad SMARTS) is 1. The van der Waals surface area contributed by atoms with Crippen LogP contribution in [0.2, 0.25) is 0 Å². The molecular weight excluding hydrogens is 264 g/mol. The number of fused-ring (bicyclic) bond motifs is 1. The Morgan fingerprint density at radius 1 is 1.19 bits per heavy atom. The lowest BCUT2D eigenvalue weighted by atomic mass is 9.95. The molecule has 0 radical (unpaired) electrons. The van der Waals surface area contributed by atoms with Gasteiger partial charge in [0.2, 0.25) is 0 Å². The first-order valence-corrected chi connectivity index (χ1v) is 7.99. The van der Waals surface area contributed by atoms with Crippen molar-refractivity contribution in [3.63, 3.8) is 0 Å². The van der Waals surface area contributed by atoms with Gasteiger partial charge in [-0.2, -0.15) is 0 Å². The van der Waals surface area contributed by atoms with Crippen LogP contribution >= 0.6 is 0 Å². The maximum absolute atomic E-state index is 11.3. The number of benzene rings is 1. The van der Waals surface area contributed by atoms with E-state index in [0.717, 1.165) is 25.2 Å². The minimum Gasteiger partial charge on any atom is -0.481 e. The lowest BCUT2D eigenvalue weighted by Gasteiger charge is -2.46. The lowest BCUT2D eigenvalue weighted by Crippen LogP contribution is -2.55. The molecule has 2 atom stereocenters. The third-order valence-electron chi connectivity index (χ3n) is 4.86. The van der Waals surface area contributed by atoms with Crippen molar-refractivity contribution in [2.24, 2.45) is 0 Å². The summed E-state index contributed by atoms with van der Waals surface area (Å²) in [4.78, 5) is 16.2. The molecule has 1 N–H and O–H groups in total. The largest absolute Gasteiger partial charge is 0.481 e. The second-order valence-electron chi connectivity index (χ2n) is 6.20. The monoisotopic (exact) mass is 288 g/mol. The molecule has 2 unspecified atom stereocenters. The zero-order chi connectivity index (χ0) is 14.7. The SMILES string of the molecule is O=C(O)CC(c1ccccc1)N1CCN2CCCCC2C1. The fraction of sp³-hybridized carbons (Fsp3) is 0.588. The molecule has 0 spiro atoms. The molecule has 2 heterocycles. The molecule has 3 rings (SSSR count). The highest BCUT2D eigenvalue weighted by atomic mass is 16.4. The topological polar surface area (TPSA) is 43.8 Å². The Bertz CT molecular complexity index is 477. The van der Waals surface area contributed by atoms with E-state index >= 15 is 0 Å². The van der Waals surface area contributed by atoms with Gasteiger partial charge < -0.3 is 5.11 Å². The van der Waals surface area contributed by atoms with Crippen LogP contribution in [-0.2, 0) is 4.79 Å². The Labute approximate surface area is 126 Å². The Balaban J connectivity index is 1.75. The van der Waals surface area contributed by atoms with Crippen molar-refractivity contribution < 1.29 is 9.90 Å². The number of nitrogens with zero attached hydrogens (tertiary/aromatic N) is 2. The Hall–Kier alpha value is -1.39. The van der Waals surface area contributed by atoms with Gasteiger partial charge in [0.1, 0.15) is 0 Å². The number of aliphatic carboxylic acids is 1. The number of carbonyl (C=O) groups is 1. The molecule has 0 aromatic heterocycles. The average molecular weight is 288 g/mol. The van der Waals surface area contributed by atoms with Crippen LogP contribution in [0.4, 0.5) is 0 Å². The summed E-state index contributed by atoms with van der Waals surface area (Å²) in [5.41, 5.74) is 1.13. The zero-order valence-corrected chi connectivity index (χ0v) is 12.4. The van der Waals surface area contributed by atoms with Crippen molar-refractivity contribution in [1.29, 1.82) is 0 Å². The van der Waals surface area contributed by atoms with Crippen LogP contribution in [0.15, 0.2) is 30.3 Å². The molecule has 2 aliphatic heterocycles. The van der Waals surface area contributed by atoms with E-state index in [1.54, 1.807) is 0 Å². The third-order valence-corrected chi connectivity index (χ3v) is 4.86. The van der Waals surface area contributed by atoms with E-state index in [-0.39, 0.29) is 12.5 Å². The van der Waals surface area contributed by atoms with Crippen LogP contribution in [0.3, 0.4) is 0 Å². The van der Waals surface area contributed by atoms with Gasteiger partial charge in [-0.15, -0.1) is 0 Å². The highest BCUT2D eigenvalue weighted by molar-refractivity contribution is 5.68. The molecule has 1 aromatic carbocycles. The summed E-state index contributed by atoms with van der Waals surface area (Å²) in [5.74, 6) is -0.713. The van der Waals surface area contributed by atoms with Gasteiger partial charge in [0.25, 0.3) is 0 Å². The molecule has 0 amide bonds. The average Bonchev–Trinajstić information content (AvgIpc) is 2.53. The minimum absolute atomic E-state index is 0.00720. The van der Waals surface area contributed by atoms with E-state index in [2.05, 4.69) is 21.9 Å². The minimum atomic E-state index is -0.713. The molecule has 1 aromatic rings. The first kappa shape index (κ1) is 14.5. The molecule has 4 nitrogen and oxygen atoms in total. The summed E-state index contributed by atoms with van der Waals surface area (Å²) in [6, 6.07) is 10.7. The second-order valence-corrected chi connectivity index (χ2v) is 6.20. The van der Waals surface area contributed by atoms with Gasteiger partial charge in [-0.3, -0.25) is 14.6 Å². The molecule has 2 fully saturated rings. The zero-order valence-electron chi connectivity index (χ0n) is 12.4. The Morgan fingerprint density at radius 2 is 2.00 bits per heavy atom. The van der Waals surface area contributed by atoms with Gasteiger partial charge in [-0.25, -0.2) is 0 Å². The van der Waals surface area contributed by atoms with Crippen LogP contribution in [0.5, 0.6) is 0 Å². The summed E-state index contributed by atoms with van der Waals surface area (Å²) in [6.07, 6.45) is 4.07. The van der Waals surface area contributed by atoms with Gasteiger partial charge in [-0.05, 0) is 24.9 Å². The van der Waals surface area contributed by atoms with Gasteiger partial charge in [0.15, 0.2) is 0 Å². The van der Waals surface area contributed by atoms with E-state index in [4.69, 9.17) is 0 Å². The normalized spacial score (nSPS) is 25.2. The van der Waals surface area contributed by atoms with Crippen molar-refractivity contribution >= 4 is 5.97 Å². The second kappa shape index (κ2) is 6.58. The number of piperazine rings is 1. The first-order chi connectivity index (χ1) is 10.2. The standard InChI is InChI=1S/C17H24N2O2/c20-17(21)12-16(14-6-2-1-3-7-14)19-11-10-18-9-5-4-8-15(18)13-19/h1-3,6-7,15-16H,4-5,8-13H2,(H,20,21). The third kappa shape index (κ3) is 3.44. The van der Waals surface area contributed by atoms with Crippen molar-refractivity contribution in [3.05, 3.63) is 35.9 Å². The lowest BCUT2D eigenvalue weighted by molar-refractivity contribution is -0.139. The van der Waals surface area contributed by atoms with Gasteiger partial charge in [0.05, 0.1) is 6.42 Å². The van der Waals surface area contributed by atoms with Gasteiger partial charge in [-0.1, -0.05) is 36.8 Å². The predicted molar refractivity (Wildman–Crippen MR) is 82.2 cm³/mol. The Kier molecular flexibility index (Phi) is 4.56. The fourth-order valence-corrected chi connectivity index (χ4v) is 3.76. The molecular formula is C17H24N2O2. The molecule has 2 saturated heterocycles. The first-order valence-electron chi connectivity index (χ1n) is 7.99. The number of rotatable bonds is 4. The van der Waals surface area contributed by atoms with E-state index in [9.17, 15) is 9.90 Å². The number of hydrogen-bond donors (Lipinski definition) is 1. The smallest absolute Gasteiger partial charge is 0.305 e. The predicted octanol–water partition coefficient (Wildman–Crippen LogP) is 2.37. The summed E-state index contributed by atoms with van der Waals surface area (Å²) in [6.45, 7) is 4.28. The van der Waals surface area contributed by atoms with E-state index < -0.39 is 5.97 Å². The highest BCUT2D eigenvalue weighted by Crippen LogP contribution is 2.29. The molecule has 0 aliphatic carbocycles. The van der Waals surface area contributed by atoms with E-state index in [0.29, 0.717) is 6.04 Å². The molecule has 2 aliphatic rings. The fourth-order valence-electron chi connectivity index (χ4n) is 3.76. The number of carboxylic acids is 1. The van der Waals surface area contributed by atoms with Crippen molar-refractivity contribution in [2.45, 2.75) is 37.8 Å². The van der Waals surface area contributed by atoms with Crippen LogP contribution < -0.4 is 0 Å². The number of hydrogen-bond acceptors (Lipinski definition) is 3. The quantitative estimate of drug-likeness (QED) is 0.924. The maximum atomic E-state index is 11.3. The van der Waals surface area contributed by atoms with Crippen LogP contribution in [0.25, 0.3) is 0 Å². The van der Waals surface area contributed by atoms with Crippen LogP contribution in [-0.4, -0.2) is 53.1 Å². The summed E-state index contributed by atoms with van der Waals surface area (Å²) < 4.78 is 0. The van der Waals surface area contributed by atoms with E-state index in [1.807, 2.05) is 18.2 Å². The molecule has 4 heteroatoms. The van der Waals surface area contributed by atoms with Crippen molar-refractivity contribution in [2.75, 3.05) is 26.2 Å². The molecule has 21 heavy (non-hydrogen) atoms. The number of piperidine rings is 1. The van der Waals surface area contributed by atoms with Crippen LogP contribution in [0.1, 0.15) is 37.3 Å². The molecule has 0 bridgehead atoms. The summed E-state index contributed by atoms with van der Waals surface area (Å²) >= 11 is 0. The maximum Gasteiger partial charge on any atom is 0.305 e. The van der Waals surface area contributed by atoms with Gasteiger partial charge in [0, 0.05) is 31.7 Å². The molecule has 114 valence electrons.